The zero-order valence-corrected chi connectivity index (χ0v) is 9.34. The highest BCUT2D eigenvalue weighted by Gasteiger charge is 2.18. The molecule has 0 aliphatic heterocycles. The topological polar surface area (TPSA) is 32.7 Å². The standard InChI is InChI=1S/C10H23NO2/c1-5-13-7-6-11(4)8-10(2,3)9-12/h12H,5-9H2,1-4H3. The lowest BCUT2D eigenvalue weighted by atomic mass is 9.94. The molecule has 0 saturated carbocycles. The lowest BCUT2D eigenvalue weighted by molar-refractivity contribution is 0.0835. The van der Waals surface area contributed by atoms with E-state index in [0.29, 0.717) is 0 Å². The maximum atomic E-state index is 9.06. The Labute approximate surface area is 81.7 Å². The van der Waals surface area contributed by atoms with Crippen molar-refractivity contribution in [2.45, 2.75) is 20.8 Å². The molecule has 0 unspecified atom stereocenters. The number of ether oxygens (including phenoxy) is 1. The Kier molecular flexibility index (Phi) is 6.29. The van der Waals surface area contributed by atoms with Crippen LogP contribution in [0.2, 0.25) is 0 Å². The molecule has 3 heteroatoms. The van der Waals surface area contributed by atoms with Gasteiger partial charge in [-0.25, -0.2) is 0 Å². The fourth-order valence-corrected chi connectivity index (χ4v) is 1.22. The Balaban J connectivity index is 3.55. The molecule has 1 N–H and O–H groups in total. The quantitative estimate of drug-likeness (QED) is 0.606. The van der Waals surface area contributed by atoms with Gasteiger partial charge in [0, 0.05) is 31.7 Å². The van der Waals surface area contributed by atoms with E-state index in [4.69, 9.17) is 9.84 Å². The van der Waals surface area contributed by atoms with Crippen molar-refractivity contribution >= 4 is 0 Å². The molecule has 3 nitrogen and oxygen atoms in total. The number of hydrogen-bond donors (Lipinski definition) is 1. The van der Waals surface area contributed by atoms with Crippen molar-refractivity contribution in [2.75, 3.05) is 40.0 Å². The smallest absolute Gasteiger partial charge is 0.0593 e. The first-order valence-electron chi connectivity index (χ1n) is 4.89. The van der Waals surface area contributed by atoms with E-state index in [9.17, 15) is 0 Å². The minimum atomic E-state index is -0.0129. The second-order valence-electron chi connectivity index (χ2n) is 4.26. The van der Waals surface area contributed by atoms with Gasteiger partial charge in [0.15, 0.2) is 0 Å². The van der Waals surface area contributed by atoms with Crippen molar-refractivity contribution in [3.63, 3.8) is 0 Å². The van der Waals surface area contributed by atoms with Gasteiger partial charge in [-0.2, -0.15) is 0 Å². The van der Waals surface area contributed by atoms with Gasteiger partial charge >= 0.3 is 0 Å². The van der Waals surface area contributed by atoms with Crippen LogP contribution in [-0.4, -0.2) is 50.0 Å². The third-order valence-corrected chi connectivity index (χ3v) is 1.95. The maximum absolute atomic E-state index is 9.06. The first-order valence-corrected chi connectivity index (χ1v) is 4.89. The third-order valence-electron chi connectivity index (χ3n) is 1.95. The molecule has 0 amide bonds. The van der Waals surface area contributed by atoms with Crippen LogP contribution in [0.4, 0.5) is 0 Å². The van der Waals surface area contributed by atoms with Crippen molar-refractivity contribution in [3.8, 4) is 0 Å². The molecule has 0 radical (unpaired) electrons. The van der Waals surface area contributed by atoms with Crippen LogP contribution < -0.4 is 0 Å². The molecule has 0 heterocycles. The summed E-state index contributed by atoms with van der Waals surface area (Å²) in [5.41, 5.74) is -0.0129. The van der Waals surface area contributed by atoms with Crippen LogP contribution >= 0.6 is 0 Å². The SMILES string of the molecule is CCOCCN(C)CC(C)(C)CO. The number of nitrogens with zero attached hydrogens (tertiary/aromatic N) is 1. The summed E-state index contributed by atoms with van der Waals surface area (Å²) in [6.07, 6.45) is 0. The van der Waals surface area contributed by atoms with Crippen molar-refractivity contribution in [1.82, 2.24) is 4.90 Å². The van der Waals surface area contributed by atoms with Crippen LogP contribution in [0, 0.1) is 5.41 Å². The molecule has 0 saturated heterocycles. The molecular weight excluding hydrogens is 166 g/mol. The van der Waals surface area contributed by atoms with Crippen LogP contribution in [0.1, 0.15) is 20.8 Å². The molecule has 0 rings (SSSR count). The molecule has 0 aliphatic rings. The number of aliphatic hydroxyl groups excluding tert-OH is 1. The van der Waals surface area contributed by atoms with Crippen LogP contribution in [0.3, 0.4) is 0 Å². The highest BCUT2D eigenvalue weighted by atomic mass is 16.5. The molecule has 0 fully saturated rings. The fraction of sp³-hybridized carbons (Fsp3) is 1.00. The summed E-state index contributed by atoms with van der Waals surface area (Å²) in [5.74, 6) is 0. The Morgan fingerprint density at radius 1 is 1.38 bits per heavy atom. The van der Waals surface area contributed by atoms with E-state index in [1.165, 1.54) is 0 Å². The fourth-order valence-electron chi connectivity index (χ4n) is 1.22. The average Bonchev–Trinajstić information content (AvgIpc) is 2.04. The van der Waals surface area contributed by atoms with Gasteiger partial charge in [0.2, 0.25) is 0 Å². The molecule has 80 valence electrons. The van der Waals surface area contributed by atoms with Gasteiger partial charge in [0.25, 0.3) is 0 Å². The molecule has 0 aromatic heterocycles. The van der Waals surface area contributed by atoms with Crippen LogP contribution in [0.25, 0.3) is 0 Å². The lowest BCUT2D eigenvalue weighted by Gasteiger charge is -2.28. The second kappa shape index (κ2) is 6.35. The van der Waals surface area contributed by atoms with Gasteiger partial charge in [-0.15, -0.1) is 0 Å². The predicted octanol–water partition coefficient (Wildman–Crippen LogP) is 0.973. The highest BCUT2D eigenvalue weighted by Crippen LogP contribution is 2.14. The van der Waals surface area contributed by atoms with E-state index in [2.05, 4.69) is 25.8 Å². The number of rotatable bonds is 7. The summed E-state index contributed by atoms with van der Waals surface area (Å²) < 4.78 is 5.25. The summed E-state index contributed by atoms with van der Waals surface area (Å²) in [7, 11) is 2.05. The van der Waals surface area contributed by atoms with Gasteiger partial charge in [0.1, 0.15) is 0 Å². The first-order chi connectivity index (χ1) is 6.02. The Morgan fingerprint density at radius 2 is 2.00 bits per heavy atom. The predicted molar refractivity (Wildman–Crippen MR) is 54.9 cm³/mol. The maximum Gasteiger partial charge on any atom is 0.0593 e. The summed E-state index contributed by atoms with van der Waals surface area (Å²) in [6.45, 7) is 9.72. The largest absolute Gasteiger partial charge is 0.396 e. The van der Waals surface area contributed by atoms with E-state index in [1.54, 1.807) is 0 Å². The number of likely N-dealkylation sites (N-methyl/N-ethyl adjacent to an activating group) is 1. The molecule has 0 spiro atoms. The molecular formula is C10H23NO2. The summed E-state index contributed by atoms with van der Waals surface area (Å²) in [6, 6.07) is 0. The third kappa shape index (κ3) is 6.99. The highest BCUT2D eigenvalue weighted by molar-refractivity contribution is 4.70. The normalized spacial score (nSPS) is 12.5. The summed E-state index contributed by atoms with van der Waals surface area (Å²) in [4.78, 5) is 2.19. The van der Waals surface area contributed by atoms with Crippen LogP contribution in [0.5, 0.6) is 0 Å². The van der Waals surface area contributed by atoms with E-state index in [0.717, 1.165) is 26.3 Å². The molecule has 0 atom stereocenters. The Hall–Kier alpha value is -0.120. The van der Waals surface area contributed by atoms with Gasteiger partial charge in [-0.1, -0.05) is 13.8 Å². The average molecular weight is 189 g/mol. The monoisotopic (exact) mass is 189 g/mol. The van der Waals surface area contributed by atoms with E-state index in [-0.39, 0.29) is 12.0 Å². The zero-order valence-electron chi connectivity index (χ0n) is 9.34. The van der Waals surface area contributed by atoms with Crippen molar-refractivity contribution < 1.29 is 9.84 Å². The molecule has 0 aliphatic carbocycles. The lowest BCUT2D eigenvalue weighted by Crippen LogP contribution is -2.35. The van der Waals surface area contributed by atoms with Crippen molar-refractivity contribution in [1.29, 1.82) is 0 Å². The minimum absolute atomic E-state index is 0.0129. The van der Waals surface area contributed by atoms with Crippen molar-refractivity contribution in [2.24, 2.45) is 5.41 Å². The van der Waals surface area contributed by atoms with Crippen molar-refractivity contribution in [3.05, 3.63) is 0 Å². The van der Waals surface area contributed by atoms with Gasteiger partial charge in [-0.05, 0) is 14.0 Å². The van der Waals surface area contributed by atoms with Crippen LogP contribution in [-0.2, 0) is 4.74 Å². The Bertz CT molecular complexity index is 126. The summed E-state index contributed by atoms with van der Waals surface area (Å²) in [5, 5.41) is 9.06. The number of aliphatic hydroxyl groups is 1. The van der Waals surface area contributed by atoms with Gasteiger partial charge < -0.3 is 14.7 Å². The van der Waals surface area contributed by atoms with Gasteiger partial charge in [0.05, 0.1) is 6.61 Å². The first kappa shape index (κ1) is 12.9. The van der Waals surface area contributed by atoms with E-state index in [1.807, 2.05) is 6.92 Å². The minimum Gasteiger partial charge on any atom is -0.396 e. The molecule has 0 bridgehead atoms. The molecule has 0 aromatic rings. The summed E-state index contributed by atoms with van der Waals surface area (Å²) >= 11 is 0. The van der Waals surface area contributed by atoms with Gasteiger partial charge in [-0.3, -0.25) is 0 Å². The zero-order chi connectivity index (χ0) is 10.3. The number of hydrogen-bond acceptors (Lipinski definition) is 3. The Morgan fingerprint density at radius 3 is 2.46 bits per heavy atom. The second-order valence-corrected chi connectivity index (χ2v) is 4.26. The van der Waals surface area contributed by atoms with Crippen LogP contribution in [0.15, 0.2) is 0 Å². The van der Waals surface area contributed by atoms with E-state index < -0.39 is 0 Å². The molecule has 0 aromatic carbocycles. The van der Waals surface area contributed by atoms with E-state index >= 15 is 0 Å². The molecule has 13 heavy (non-hydrogen) atoms.